The number of nitrogens with two attached hydrogens (primary N) is 1. The van der Waals surface area contributed by atoms with Gasteiger partial charge in [0.25, 0.3) is 0 Å². The first kappa shape index (κ1) is 9.32. The highest BCUT2D eigenvalue weighted by molar-refractivity contribution is 5.66. The number of amides is 1. The maximum Gasteiger partial charge on any atom is 0.409 e. The molecule has 0 saturated heterocycles. The Labute approximate surface area is 72.7 Å². The molecule has 0 aromatic heterocycles. The summed E-state index contributed by atoms with van der Waals surface area (Å²) in [6, 6.07) is 0.213. The van der Waals surface area contributed by atoms with Gasteiger partial charge in [-0.25, -0.2) is 4.79 Å². The van der Waals surface area contributed by atoms with Gasteiger partial charge in [0.2, 0.25) is 0 Å². The van der Waals surface area contributed by atoms with E-state index in [-0.39, 0.29) is 18.2 Å². The topological polar surface area (TPSA) is 55.6 Å². The van der Waals surface area contributed by atoms with E-state index < -0.39 is 0 Å². The molecule has 0 bridgehead atoms. The summed E-state index contributed by atoms with van der Waals surface area (Å²) in [7, 11) is 3.36. The van der Waals surface area contributed by atoms with E-state index in [9.17, 15) is 4.79 Å². The Morgan fingerprint density at radius 1 is 1.50 bits per heavy atom. The monoisotopic (exact) mass is 172 g/mol. The zero-order valence-electron chi connectivity index (χ0n) is 7.62. The van der Waals surface area contributed by atoms with Crippen molar-refractivity contribution in [3.63, 3.8) is 0 Å². The molecule has 1 amide bonds. The molecule has 0 spiro atoms. The Morgan fingerprint density at radius 2 is 2.17 bits per heavy atom. The molecule has 1 aliphatic rings. The van der Waals surface area contributed by atoms with Crippen LogP contribution in [0.4, 0.5) is 4.79 Å². The van der Waals surface area contributed by atoms with Crippen LogP contribution in [0.3, 0.4) is 0 Å². The Kier molecular flexibility index (Phi) is 2.92. The van der Waals surface area contributed by atoms with Gasteiger partial charge in [-0.2, -0.15) is 0 Å². The van der Waals surface area contributed by atoms with E-state index in [1.807, 2.05) is 0 Å². The van der Waals surface area contributed by atoms with Gasteiger partial charge in [-0.15, -0.1) is 0 Å². The third kappa shape index (κ3) is 2.37. The minimum atomic E-state index is -0.269. The van der Waals surface area contributed by atoms with E-state index in [2.05, 4.69) is 0 Å². The summed E-state index contributed by atoms with van der Waals surface area (Å²) in [4.78, 5) is 12.5. The minimum Gasteiger partial charge on any atom is -0.446 e. The molecule has 0 radical (unpaired) electrons. The number of carbonyl (C=O) groups is 1. The van der Waals surface area contributed by atoms with Crippen LogP contribution in [0.25, 0.3) is 0 Å². The Bertz CT molecular complexity index is 170. The summed E-state index contributed by atoms with van der Waals surface area (Å²) in [5.74, 6) is 0. The molecule has 1 saturated carbocycles. The summed E-state index contributed by atoms with van der Waals surface area (Å²) < 4.78 is 5.15. The smallest absolute Gasteiger partial charge is 0.409 e. The summed E-state index contributed by atoms with van der Waals surface area (Å²) in [5, 5.41) is 0. The molecule has 2 atom stereocenters. The lowest BCUT2D eigenvalue weighted by molar-refractivity contribution is 0.0771. The lowest BCUT2D eigenvalue weighted by atomic mass is 10.3. The van der Waals surface area contributed by atoms with Crippen molar-refractivity contribution >= 4 is 6.09 Å². The molecule has 0 heterocycles. The van der Waals surface area contributed by atoms with Gasteiger partial charge in [-0.3, -0.25) is 0 Å². The van der Waals surface area contributed by atoms with Crippen molar-refractivity contribution in [1.29, 1.82) is 0 Å². The van der Waals surface area contributed by atoms with Crippen LogP contribution < -0.4 is 5.73 Å². The number of hydrogen-bond donors (Lipinski definition) is 1. The first-order chi connectivity index (χ1) is 5.59. The van der Waals surface area contributed by atoms with Gasteiger partial charge < -0.3 is 15.4 Å². The fraction of sp³-hybridized carbons (Fsp3) is 0.875. The number of rotatable bonds is 1. The average Bonchev–Trinajstić information content (AvgIpc) is 2.35. The van der Waals surface area contributed by atoms with Gasteiger partial charge >= 0.3 is 6.09 Å². The zero-order chi connectivity index (χ0) is 9.14. The number of carbonyl (C=O) groups excluding carboxylic acids is 1. The van der Waals surface area contributed by atoms with Gasteiger partial charge in [0, 0.05) is 20.1 Å². The van der Waals surface area contributed by atoms with Crippen LogP contribution in [-0.4, -0.2) is 37.2 Å². The summed E-state index contributed by atoms with van der Waals surface area (Å²) in [6.45, 7) is 0. The van der Waals surface area contributed by atoms with Crippen LogP contribution in [0.15, 0.2) is 0 Å². The van der Waals surface area contributed by atoms with Crippen molar-refractivity contribution in [2.45, 2.75) is 31.4 Å². The molecule has 12 heavy (non-hydrogen) atoms. The SMILES string of the molecule is CN(C)C(=O)OC1CCC(N)C1. The van der Waals surface area contributed by atoms with Crippen molar-refractivity contribution in [2.75, 3.05) is 14.1 Å². The number of hydrogen-bond acceptors (Lipinski definition) is 3. The zero-order valence-corrected chi connectivity index (χ0v) is 7.62. The first-order valence-electron chi connectivity index (χ1n) is 4.23. The maximum absolute atomic E-state index is 11.1. The van der Waals surface area contributed by atoms with Gasteiger partial charge in [0.15, 0.2) is 0 Å². The van der Waals surface area contributed by atoms with E-state index in [1.165, 1.54) is 4.90 Å². The molecular weight excluding hydrogens is 156 g/mol. The van der Waals surface area contributed by atoms with E-state index >= 15 is 0 Å². The number of nitrogens with zero attached hydrogens (tertiary/aromatic N) is 1. The second kappa shape index (κ2) is 3.76. The quantitative estimate of drug-likeness (QED) is 0.629. The summed E-state index contributed by atoms with van der Waals surface area (Å²) in [6.07, 6.45) is 2.44. The third-order valence-corrected chi connectivity index (χ3v) is 2.06. The molecule has 4 heteroatoms. The predicted octanol–water partition coefficient (Wildman–Crippen LogP) is 0.564. The standard InChI is InChI=1S/C8H16N2O2/c1-10(2)8(11)12-7-4-3-6(9)5-7/h6-7H,3-5,9H2,1-2H3. The maximum atomic E-state index is 11.1. The fourth-order valence-electron chi connectivity index (χ4n) is 1.33. The van der Waals surface area contributed by atoms with Crippen molar-refractivity contribution in [1.82, 2.24) is 4.90 Å². The second-order valence-corrected chi connectivity index (χ2v) is 3.47. The largest absolute Gasteiger partial charge is 0.446 e. The van der Waals surface area contributed by atoms with Crippen LogP contribution in [0.1, 0.15) is 19.3 Å². The van der Waals surface area contributed by atoms with E-state index in [0.29, 0.717) is 0 Å². The summed E-state index contributed by atoms with van der Waals surface area (Å²) in [5.41, 5.74) is 5.67. The Balaban J connectivity index is 2.28. The molecule has 4 nitrogen and oxygen atoms in total. The van der Waals surface area contributed by atoms with Crippen LogP contribution in [0.2, 0.25) is 0 Å². The fourth-order valence-corrected chi connectivity index (χ4v) is 1.33. The molecule has 1 rings (SSSR count). The van der Waals surface area contributed by atoms with E-state index in [1.54, 1.807) is 14.1 Å². The van der Waals surface area contributed by atoms with Crippen molar-refractivity contribution < 1.29 is 9.53 Å². The molecule has 1 aliphatic carbocycles. The van der Waals surface area contributed by atoms with Gasteiger partial charge in [-0.05, 0) is 19.3 Å². The van der Waals surface area contributed by atoms with Crippen LogP contribution in [0.5, 0.6) is 0 Å². The van der Waals surface area contributed by atoms with Crippen molar-refractivity contribution in [3.8, 4) is 0 Å². The van der Waals surface area contributed by atoms with E-state index in [4.69, 9.17) is 10.5 Å². The third-order valence-electron chi connectivity index (χ3n) is 2.06. The van der Waals surface area contributed by atoms with Crippen LogP contribution in [-0.2, 0) is 4.74 Å². The van der Waals surface area contributed by atoms with Crippen molar-refractivity contribution in [3.05, 3.63) is 0 Å². The van der Waals surface area contributed by atoms with Crippen LogP contribution >= 0.6 is 0 Å². The summed E-state index contributed by atoms with van der Waals surface area (Å²) >= 11 is 0. The minimum absolute atomic E-state index is 0.0369. The molecule has 2 unspecified atom stereocenters. The van der Waals surface area contributed by atoms with Crippen LogP contribution in [0, 0.1) is 0 Å². The van der Waals surface area contributed by atoms with Crippen molar-refractivity contribution in [2.24, 2.45) is 5.73 Å². The van der Waals surface area contributed by atoms with Gasteiger partial charge in [0.1, 0.15) is 6.10 Å². The molecule has 2 N–H and O–H groups in total. The molecular formula is C8H16N2O2. The van der Waals surface area contributed by atoms with E-state index in [0.717, 1.165) is 19.3 Å². The molecule has 0 aromatic carbocycles. The van der Waals surface area contributed by atoms with Gasteiger partial charge in [0.05, 0.1) is 0 Å². The Morgan fingerprint density at radius 3 is 2.58 bits per heavy atom. The molecule has 1 fully saturated rings. The molecule has 0 aromatic rings. The highest BCUT2D eigenvalue weighted by atomic mass is 16.6. The molecule has 0 aliphatic heterocycles. The first-order valence-corrected chi connectivity index (χ1v) is 4.23. The van der Waals surface area contributed by atoms with Gasteiger partial charge in [-0.1, -0.05) is 0 Å². The normalized spacial score (nSPS) is 28.6. The lowest BCUT2D eigenvalue weighted by Gasteiger charge is -2.15. The second-order valence-electron chi connectivity index (χ2n) is 3.47. The number of ether oxygens (including phenoxy) is 1. The molecule has 70 valence electrons. The average molecular weight is 172 g/mol. The Hall–Kier alpha value is -0.770. The lowest BCUT2D eigenvalue weighted by Crippen LogP contribution is -2.27. The predicted molar refractivity (Wildman–Crippen MR) is 45.8 cm³/mol. The highest BCUT2D eigenvalue weighted by Gasteiger charge is 2.25. The highest BCUT2D eigenvalue weighted by Crippen LogP contribution is 2.20.